The minimum absolute atomic E-state index is 0.181. The molecule has 3 heterocycles. The summed E-state index contributed by atoms with van der Waals surface area (Å²) in [6, 6.07) is 6.67. The highest BCUT2D eigenvalue weighted by atomic mass is 32.2. The Labute approximate surface area is 230 Å². The fourth-order valence-corrected chi connectivity index (χ4v) is 5.68. The number of hydrogen-bond acceptors (Lipinski definition) is 7. The van der Waals surface area contributed by atoms with Crippen molar-refractivity contribution in [2.24, 2.45) is 10.1 Å². The molecule has 4 rings (SSSR count). The number of aryl methyl sites for hydroxylation is 2. The van der Waals surface area contributed by atoms with Crippen LogP contribution in [0.15, 0.2) is 52.6 Å². The zero-order valence-electron chi connectivity index (χ0n) is 23.0. The van der Waals surface area contributed by atoms with Crippen LogP contribution < -0.4 is 11.1 Å². The largest absolute Gasteiger partial charge is 0.383 e. The van der Waals surface area contributed by atoms with Crippen LogP contribution in [0.1, 0.15) is 42.1 Å². The first-order chi connectivity index (χ1) is 18.5. The Kier molecular flexibility index (Phi) is 8.81. The SMILES string of the molecule is C/C=C\C(=C/C(N)=NS(C)(=O)=O)C(=O)N1CCC(N2CCc3nc(Nc4cc(C)cc(C)c4)ncc3C2)CC1. The van der Waals surface area contributed by atoms with Crippen LogP contribution in [0.2, 0.25) is 0 Å². The smallest absolute Gasteiger partial charge is 0.253 e. The molecule has 1 amide bonds. The Hall–Kier alpha value is -3.57. The topological polar surface area (TPSA) is 134 Å². The number of aromatic nitrogens is 2. The predicted octanol–water partition coefficient (Wildman–Crippen LogP) is 3.01. The first-order valence-electron chi connectivity index (χ1n) is 13.1. The molecule has 3 N–H and O–H groups in total. The van der Waals surface area contributed by atoms with Gasteiger partial charge in [0.05, 0.1) is 11.9 Å². The van der Waals surface area contributed by atoms with Gasteiger partial charge >= 0.3 is 0 Å². The molecule has 1 saturated heterocycles. The number of carbonyl (C=O) groups excluding carboxylic acids is 1. The number of nitrogens with zero attached hydrogens (tertiary/aromatic N) is 5. The van der Waals surface area contributed by atoms with Gasteiger partial charge in [-0.25, -0.2) is 18.4 Å². The molecule has 1 aromatic carbocycles. The summed E-state index contributed by atoms with van der Waals surface area (Å²) in [4.78, 5) is 26.8. The molecule has 0 unspecified atom stereocenters. The Bertz CT molecular complexity index is 1400. The molecule has 0 bridgehead atoms. The van der Waals surface area contributed by atoms with Gasteiger partial charge in [-0.2, -0.15) is 0 Å². The lowest BCUT2D eigenvalue weighted by atomic mass is 9.98. The molecule has 39 heavy (non-hydrogen) atoms. The van der Waals surface area contributed by atoms with E-state index in [4.69, 9.17) is 10.7 Å². The van der Waals surface area contributed by atoms with Crippen molar-refractivity contribution in [3.63, 3.8) is 0 Å². The standard InChI is InChI=1S/C28H37N7O3S/c1-5-6-21(16-26(29)33-39(4,37)38)27(36)34-10-7-24(8-11-34)35-12-9-25-22(18-35)17-30-28(32-25)31-23-14-19(2)13-20(3)15-23/h5-6,13-17,24H,7-12,18H2,1-4H3,(H2,29,33)(H,30,31,32)/b6-5-,21-16+. The van der Waals surface area contributed by atoms with Crippen LogP contribution in [-0.2, 0) is 27.8 Å². The zero-order chi connectivity index (χ0) is 28.2. The average molecular weight is 552 g/mol. The van der Waals surface area contributed by atoms with Crippen molar-refractivity contribution in [1.29, 1.82) is 0 Å². The molecule has 0 radical (unpaired) electrons. The van der Waals surface area contributed by atoms with Crippen molar-refractivity contribution < 1.29 is 13.2 Å². The van der Waals surface area contributed by atoms with E-state index in [1.165, 1.54) is 17.2 Å². The van der Waals surface area contributed by atoms with E-state index < -0.39 is 10.0 Å². The molecular formula is C28H37N7O3S. The van der Waals surface area contributed by atoms with Crippen LogP contribution in [0, 0.1) is 13.8 Å². The Morgan fingerprint density at radius 2 is 1.85 bits per heavy atom. The molecule has 2 aliphatic rings. The van der Waals surface area contributed by atoms with Crippen molar-refractivity contribution >= 4 is 33.4 Å². The summed E-state index contributed by atoms with van der Waals surface area (Å²) in [5.74, 6) is 0.223. The number of amidine groups is 1. The van der Waals surface area contributed by atoms with Crippen LogP contribution in [0.25, 0.3) is 0 Å². The van der Waals surface area contributed by atoms with Gasteiger partial charge in [-0.15, -0.1) is 4.40 Å². The Balaban J connectivity index is 1.36. The molecule has 0 spiro atoms. The number of fused-ring (bicyclic) bond motifs is 1. The van der Waals surface area contributed by atoms with Gasteiger partial charge in [0.25, 0.3) is 15.9 Å². The molecular weight excluding hydrogens is 514 g/mol. The fraction of sp³-hybridized carbons (Fsp3) is 0.429. The monoisotopic (exact) mass is 551 g/mol. The van der Waals surface area contributed by atoms with Gasteiger partial charge in [0.2, 0.25) is 5.95 Å². The van der Waals surface area contributed by atoms with Gasteiger partial charge in [-0.05, 0) is 62.9 Å². The molecule has 0 aliphatic carbocycles. The summed E-state index contributed by atoms with van der Waals surface area (Å²) in [7, 11) is -3.64. The number of rotatable bonds is 7. The lowest BCUT2D eigenvalue weighted by Gasteiger charge is -2.40. The highest BCUT2D eigenvalue weighted by Gasteiger charge is 2.30. The zero-order valence-corrected chi connectivity index (χ0v) is 23.8. The second kappa shape index (κ2) is 12.1. The van der Waals surface area contributed by atoms with Crippen LogP contribution in [0.5, 0.6) is 0 Å². The molecule has 2 aliphatic heterocycles. The molecule has 10 nitrogen and oxygen atoms in total. The van der Waals surface area contributed by atoms with E-state index in [1.807, 2.05) is 6.20 Å². The van der Waals surface area contributed by atoms with Gasteiger partial charge in [0.15, 0.2) is 0 Å². The van der Waals surface area contributed by atoms with Crippen LogP contribution in [-0.4, -0.2) is 71.9 Å². The predicted molar refractivity (Wildman–Crippen MR) is 154 cm³/mol. The van der Waals surface area contributed by atoms with Crippen molar-refractivity contribution in [2.45, 2.75) is 52.6 Å². The average Bonchev–Trinajstić information content (AvgIpc) is 2.86. The van der Waals surface area contributed by atoms with Crippen molar-refractivity contribution in [1.82, 2.24) is 19.8 Å². The van der Waals surface area contributed by atoms with E-state index in [2.05, 4.69) is 51.6 Å². The normalized spacial score (nSPS) is 17.9. The van der Waals surface area contributed by atoms with Gasteiger partial charge in [0, 0.05) is 61.7 Å². The van der Waals surface area contributed by atoms with E-state index in [0.717, 1.165) is 55.6 Å². The fourth-order valence-electron chi connectivity index (χ4n) is 5.24. The number of benzene rings is 1. The summed E-state index contributed by atoms with van der Waals surface area (Å²) in [5.41, 5.74) is 11.7. The quantitative estimate of drug-likeness (QED) is 0.232. The van der Waals surface area contributed by atoms with Crippen LogP contribution in [0.3, 0.4) is 0 Å². The first kappa shape index (κ1) is 28.4. The molecule has 2 aromatic rings. The summed E-state index contributed by atoms with van der Waals surface area (Å²) in [5, 5.41) is 3.34. The molecule has 0 saturated carbocycles. The molecule has 1 fully saturated rings. The number of carbonyl (C=O) groups is 1. The maximum atomic E-state index is 13.1. The number of amides is 1. The second-order valence-corrected chi connectivity index (χ2v) is 11.9. The van der Waals surface area contributed by atoms with Crippen LogP contribution >= 0.6 is 0 Å². The summed E-state index contributed by atoms with van der Waals surface area (Å²) < 4.78 is 26.3. The van der Waals surface area contributed by atoms with Crippen molar-refractivity contribution in [3.8, 4) is 0 Å². The summed E-state index contributed by atoms with van der Waals surface area (Å²) >= 11 is 0. The van der Waals surface area contributed by atoms with E-state index in [1.54, 1.807) is 24.0 Å². The minimum Gasteiger partial charge on any atom is -0.383 e. The third-order valence-electron chi connectivity index (χ3n) is 6.88. The maximum Gasteiger partial charge on any atom is 0.253 e. The number of nitrogens with one attached hydrogen (secondary N) is 1. The number of hydrogen-bond donors (Lipinski definition) is 2. The van der Waals surface area contributed by atoms with Gasteiger partial charge < -0.3 is 16.0 Å². The number of sulfonamides is 1. The Morgan fingerprint density at radius 3 is 2.49 bits per heavy atom. The number of allylic oxidation sites excluding steroid dienone is 1. The third kappa shape index (κ3) is 7.73. The summed E-state index contributed by atoms with van der Waals surface area (Å²) in [6.45, 7) is 8.86. The van der Waals surface area contributed by atoms with Crippen molar-refractivity contribution in [3.05, 3.63) is 70.6 Å². The van der Waals surface area contributed by atoms with Gasteiger partial charge in [-0.3, -0.25) is 9.69 Å². The molecule has 0 atom stereocenters. The van der Waals surface area contributed by atoms with E-state index >= 15 is 0 Å². The number of anilines is 2. The van der Waals surface area contributed by atoms with E-state index in [9.17, 15) is 13.2 Å². The first-order valence-corrected chi connectivity index (χ1v) is 15.0. The number of nitrogens with two attached hydrogens (primary N) is 1. The highest BCUT2D eigenvalue weighted by Crippen LogP contribution is 2.26. The highest BCUT2D eigenvalue weighted by molar-refractivity contribution is 7.89. The van der Waals surface area contributed by atoms with Crippen molar-refractivity contribution in [2.75, 3.05) is 31.2 Å². The lowest BCUT2D eigenvalue weighted by molar-refractivity contribution is -0.128. The summed E-state index contributed by atoms with van der Waals surface area (Å²) in [6.07, 6.45) is 10.1. The maximum absolute atomic E-state index is 13.1. The van der Waals surface area contributed by atoms with E-state index in [-0.39, 0.29) is 11.7 Å². The number of piperidine rings is 1. The number of likely N-dealkylation sites (tertiary alicyclic amines) is 1. The van der Waals surface area contributed by atoms with Gasteiger partial charge in [-0.1, -0.05) is 18.2 Å². The molecule has 11 heteroatoms. The Morgan fingerprint density at radius 1 is 1.15 bits per heavy atom. The molecule has 208 valence electrons. The second-order valence-electron chi connectivity index (χ2n) is 10.3. The minimum atomic E-state index is -3.64. The molecule has 1 aromatic heterocycles. The third-order valence-corrected chi connectivity index (χ3v) is 7.42. The van der Waals surface area contributed by atoms with E-state index in [0.29, 0.717) is 30.7 Å². The van der Waals surface area contributed by atoms with Crippen LogP contribution in [0.4, 0.5) is 11.6 Å². The lowest BCUT2D eigenvalue weighted by Crippen LogP contribution is -2.48. The van der Waals surface area contributed by atoms with Gasteiger partial charge in [0.1, 0.15) is 5.84 Å².